The highest BCUT2D eigenvalue weighted by atomic mass is 32.2. The van der Waals surface area contributed by atoms with Crippen LogP contribution in [0.2, 0.25) is 0 Å². The van der Waals surface area contributed by atoms with Crippen molar-refractivity contribution in [3.05, 3.63) is 41.3 Å². The lowest BCUT2D eigenvalue weighted by Crippen LogP contribution is -2.26. The Kier molecular flexibility index (Phi) is 3.46. The van der Waals surface area contributed by atoms with Crippen LogP contribution in [0.1, 0.15) is 5.56 Å². The zero-order valence-corrected chi connectivity index (χ0v) is 11.7. The summed E-state index contributed by atoms with van der Waals surface area (Å²) in [6, 6.07) is 9.92. The summed E-state index contributed by atoms with van der Waals surface area (Å²) in [4.78, 5) is 0. The second kappa shape index (κ2) is 4.91. The Morgan fingerprint density at radius 3 is 2.63 bits per heavy atom. The van der Waals surface area contributed by atoms with Crippen LogP contribution in [-0.4, -0.2) is 15.5 Å². The van der Waals surface area contributed by atoms with Crippen LogP contribution in [0.25, 0.3) is 0 Å². The van der Waals surface area contributed by atoms with Crippen molar-refractivity contribution >= 4 is 32.7 Å². The summed E-state index contributed by atoms with van der Waals surface area (Å²) < 4.78 is 26.0. The number of nitrogen functional groups attached to an aromatic ring is 1. The Balaban J connectivity index is 2.50. The van der Waals surface area contributed by atoms with Crippen LogP contribution in [0.3, 0.4) is 0 Å². The number of sulfonamides is 1. The van der Waals surface area contributed by atoms with E-state index in [1.807, 2.05) is 6.07 Å². The number of thiophene rings is 1. The molecule has 1 aromatic heterocycles. The summed E-state index contributed by atoms with van der Waals surface area (Å²) in [5.41, 5.74) is 6.60. The fourth-order valence-electron chi connectivity index (χ4n) is 1.57. The number of rotatable bonds is 3. The Morgan fingerprint density at radius 1 is 1.37 bits per heavy atom. The number of nitrogens with zero attached hydrogens (tertiary/aromatic N) is 2. The minimum Gasteiger partial charge on any atom is -0.398 e. The summed E-state index contributed by atoms with van der Waals surface area (Å²) in [6.07, 6.45) is 0. The van der Waals surface area contributed by atoms with Gasteiger partial charge in [-0.15, -0.1) is 11.3 Å². The molecule has 2 N–H and O–H groups in total. The second-order valence-electron chi connectivity index (χ2n) is 3.80. The normalized spacial score (nSPS) is 10.9. The van der Waals surface area contributed by atoms with Gasteiger partial charge in [0, 0.05) is 18.1 Å². The molecular weight excluding hydrogens is 282 g/mol. The molecule has 0 aliphatic rings. The van der Waals surface area contributed by atoms with Gasteiger partial charge in [-0.25, -0.2) is 8.42 Å². The third-order valence-electron chi connectivity index (χ3n) is 2.57. The van der Waals surface area contributed by atoms with Crippen molar-refractivity contribution in [1.82, 2.24) is 0 Å². The maximum atomic E-state index is 12.4. The number of para-hydroxylation sites is 1. The van der Waals surface area contributed by atoms with Gasteiger partial charge in [0.25, 0.3) is 10.0 Å². The van der Waals surface area contributed by atoms with Gasteiger partial charge in [-0.1, -0.05) is 12.1 Å². The first-order valence-electron chi connectivity index (χ1n) is 5.29. The molecule has 0 atom stereocenters. The minimum absolute atomic E-state index is 0.153. The van der Waals surface area contributed by atoms with Crippen LogP contribution >= 0.6 is 11.3 Å². The lowest BCUT2D eigenvalue weighted by molar-refractivity contribution is 0.596. The molecule has 0 aliphatic carbocycles. The highest BCUT2D eigenvalue weighted by molar-refractivity contribution is 7.94. The van der Waals surface area contributed by atoms with Gasteiger partial charge in [-0.05, 0) is 18.2 Å². The summed E-state index contributed by atoms with van der Waals surface area (Å²) in [6.45, 7) is 0. The van der Waals surface area contributed by atoms with Crippen LogP contribution in [0.4, 0.5) is 11.4 Å². The molecule has 0 fully saturated rings. The highest BCUT2D eigenvalue weighted by Crippen LogP contribution is 2.29. The molecule has 2 aromatic rings. The van der Waals surface area contributed by atoms with Crippen molar-refractivity contribution in [2.75, 3.05) is 17.1 Å². The van der Waals surface area contributed by atoms with Gasteiger partial charge in [0.15, 0.2) is 0 Å². The fraction of sp³-hybridized carbons (Fsp3) is 0.0833. The molecule has 1 aromatic carbocycles. The number of hydrogen-bond donors (Lipinski definition) is 1. The van der Waals surface area contributed by atoms with Gasteiger partial charge in [-0.2, -0.15) is 5.26 Å². The van der Waals surface area contributed by atoms with E-state index in [1.165, 1.54) is 13.1 Å². The van der Waals surface area contributed by atoms with Gasteiger partial charge < -0.3 is 5.73 Å². The Labute approximate surface area is 115 Å². The van der Waals surface area contributed by atoms with E-state index in [4.69, 9.17) is 11.0 Å². The van der Waals surface area contributed by atoms with Crippen molar-refractivity contribution < 1.29 is 8.42 Å². The maximum absolute atomic E-state index is 12.4. The monoisotopic (exact) mass is 293 g/mol. The fourth-order valence-corrected chi connectivity index (χ4v) is 4.04. The summed E-state index contributed by atoms with van der Waals surface area (Å²) in [7, 11) is -2.26. The van der Waals surface area contributed by atoms with E-state index < -0.39 is 10.0 Å². The summed E-state index contributed by atoms with van der Waals surface area (Å²) >= 11 is 1.06. The predicted octanol–water partition coefficient (Wildman–Crippen LogP) is 2.03. The zero-order valence-electron chi connectivity index (χ0n) is 10.1. The van der Waals surface area contributed by atoms with E-state index in [9.17, 15) is 8.42 Å². The summed E-state index contributed by atoms with van der Waals surface area (Å²) in [5, 5.41) is 10.6. The molecule has 0 bridgehead atoms. The molecule has 7 heteroatoms. The summed E-state index contributed by atoms with van der Waals surface area (Å²) in [5.74, 6) is 0. The molecule has 98 valence electrons. The third kappa shape index (κ3) is 2.41. The predicted molar refractivity (Wildman–Crippen MR) is 75.5 cm³/mol. The van der Waals surface area contributed by atoms with Gasteiger partial charge in [0.1, 0.15) is 10.3 Å². The van der Waals surface area contributed by atoms with Crippen LogP contribution in [-0.2, 0) is 10.0 Å². The Hall–Kier alpha value is -2.04. The molecule has 0 amide bonds. The first-order chi connectivity index (χ1) is 8.96. The molecule has 5 nitrogen and oxygen atoms in total. The second-order valence-corrected chi connectivity index (χ2v) is 6.91. The number of anilines is 2. The third-order valence-corrected chi connectivity index (χ3v) is 5.78. The number of nitriles is 1. The molecular formula is C12H11N3O2S2. The average Bonchev–Trinajstić information content (AvgIpc) is 2.85. The molecule has 19 heavy (non-hydrogen) atoms. The Morgan fingerprint density at radius 2 is 2.05 bits per heavy atom. The van der Waals surface area contributed by atoms with E-state index in [-0.39, 0.29) is 4.21 Å². The number of nitrogens with two attached hydrogens (primary N) is 1. The molecule has 0 spiro atoms. The van der Waals surface area contributed by atoms with Gasteiger partial charge in [0.05, 0.1) is 11.3 Å². The van der Waals surface area contributed by atoms with Crippen LogP contribution in [0.5, 0.6) is 0 Å². The first kappa shape index (κ1) is 13.4. The van der Waals surface area contributed by atoms with Crippen molar-refractivity contribution in [2.45, 2.75) is 4.21 Å². The maximum Gasteiger partial charge on any atom is 0.273 e. The van der Waals surface area contributed by atoms with Crippen molar-refractivity contribution in [2.24, 2.45) is 0 Å². The lowest BCUT2D eigenvalue weighted by Gasteiger charge is -2.19. The standard InChI is InChI=1S/C12H11N3O2S2/c1-15(11-5-3-2-4-9(11)7-13)19(16,17)12-6-10(14)8-18-12/h2-6,8H,14H2,1H3. The molecule has 0 saturated heterocycles. The van der Waals surface area contributed by atoms with E-state index >= 15 is 0 Å². The van der Waals surface area contributed by atoms with Gasteiger partial charge in [0.2, 0.25) is 0 Å². The molecule has 0 aliphatic heterocycles. The van der Waals surface area contributed by atoms with E-state index in [2.05, 4.69) is 0 Å². The van der Waals surface area contributed by atoms with Crippen LogP contribution in [0, 0.1) is 11.3 Å². The largest absolute Gasteiger partial charge is 0.398 e. The zero-order chi connectivity index (χ0) is 14.0. The topological polar surface area (TPSA) is 87.2 Å². The average molecular weight is 293 g/mol. The van der Waals surface area contributed by atoms with Crippen LogP contribution in [0.15, 0.2) is 39.9 Å². The molecule has 0 unspecified atom stereocenters. The Bertz CT molecular complexity index is 744. The minimum atomic E-state index is -3.68. The first-order valence-corrected chi connectivity index (χ1v) is 7.61. The molecule has 2 rings (SSSR count). The number of hydrogen-bond acceptors (Lipinski definition) is 5. The number of benzene rings is 1. The quantitative estimate of drug-likeness (QED) is 0.938. The molecule has 1 heterocycles. The smallest absolute Gasteiger partial charge is 0.273 e. The molecule has 0 radical (unpaired) electrons. The van der Waals surface area contributed by atoms with Gasteiger partial charge >= 0.3 is 0 Å². The van der Waals surface area contributed by atoms with E-state index in [1.54, 1.807) is 29.6 Å². The lowest BCUT2D eigenvalue weighted by atomic mass is 10.2. The molecule has 0 saturated carbocycles. The highest BCUT2D eigenvalue weighted by Gasteiger charge is 2.24. The van der Waals surface area contributed by atoms with E-state index in [0.29, 0.717) is 16.9 Å². The van der Waals surface area contributed by atoms with E-state index in [0.717, 1.165) is 15.6 Å². The van der Waals surface area contributed by atoms with Crippen LogP contribution < -0.4 is 10.0 Å². The van der Waals surface area contributed by atoms with Crippen molar-refractivity contribution in [3.63, 3.8) is 0 Å². The van der Waals surface area contributed by atoms with Crippen molar-refractivity contribution in [1.29, 1.82) is 5.26 Å². The SMILES string of the molecule is CN(c1ccccc1C#N)S(=O)(=O)c1cc(N)cs1. The van der Waals surface area contributed by atoms with Crippen molar-refractivity contribution in [3.8, 4) is 6.07 Å². The van der Waals surface area contributed by atoms with Gasteiger partial charge in [-0.3, -0.25) is 4.31 Å².